The van der Waals surface area contributed by atoms with E-state index in [4.69, 9.17) is 0 Å². The topological polar surface area (TPSA) is 101 Å². The number of aromatic nitrogens is 4. The van der Waals surface area contributed by atoms with E-state index in [0.717, 1.165) is 16.7 Å². The molecule has 1 aromatic carbocycles. The Morgan fingerprint density at radius 2 is 2.04 bits per heavy atom. The van der Waals surface area contributed by atoms with Gasteiger partial charge in [0.1, 0.15) is 0 Å². The summed E-state index contributed by atoms with van der Waals surface area (Å²) in [5, 5.41) is 9.56. The molecule has 0 aliphatic heterocycles. The van der Waals surface area contributed by atoms with Crippen molar-refractivity contribution in [3.63, 3.8) is 0 Å². The fourth-order valence-electron chi connectivity index (χ4n) is 2.90. The van der Waals surface area contributed by atoms with Crippen LogP contribution in [-0.4, -0.2) is 34.8 Å². The molecule has 0 spiro atoms. The van der Waals surface area contributed by atoms with Gasteiger partial charge in [0.25, 0.3) is 0 Å². The molecule has 136 valence electrons. The fraction of sp³-hybridized carbons (Fsp3) is 0.105. The molecule has 0 aliphatic carbocycles. The van der Waals surface area contributed by atoms with Crippen LogP contribution in [-0.2, 0) is 16.6 Å². The van der Waals surface area contributed by atoms with Gasteiger partial charge in [0.05, 0.1) is 38.8 Å². The van der Waals surface area contributed by atoms with E-state index in [-0.39, 0.29) is 11.3 Å². The first kappa shape index (κ1) is 17.2. The maximum absolute atomic E-state index is 12.8. The number of nitrogens with zero attached hydrogens (tertiary/aromatic N) is 3. The van der Waals surface area contributed by atoms with Crippen molar-refractivity contribution in [2.45, 2.75) is 17.8 Å². The molecule has 4 aromatic rings. The third-order valence-electron chi connectivity index (χ3n) is 4.37. The lowest BCUT2D eigenvalue weighted by atomic mass is 10.1. The van der Waals surface area contributed by atoms with E-state index in [2.05, 4.69) is 15.0 Å². The van der Waals surface area contributed by atoms with Gasteiger partial charge in [-0.05, 0) is 48.9 Å². The average Bonchev–Trinajstić information content (AvgIpc) is 3.32. The van der Waals surface area contributed by atoms with Crippen molar-refractivity contribution in [3.05, 3.63) is 71.8 Å². The van der Waals surface area contributed by atoms with Crippen molar-refractivity contribution in [2.24, 2.45) is 0 Å². The highest BCUT2D eigenvalue weighted by atomic mass is 32.2. The molecule has 0 amide bonds. The molecule has 4 rings (SSSR count). The number of aromatic amines is 1. The Bertz CT molecular complexity index is 1170. The smallest absolute Gasteiger partial charge is 0.336 e. The van der Waals surface area contributed by atoms with Crippen LogP contribution in [0.4, 0.5) is 0 Å². The average molecular weight is 380 g/mol. The van der Waals surface area contributed by atoms with Gasteiger partial charge in [-0.3, -0.25) is 9.19 Å². The highest BCUT2D eigenvalue weighted by Crippen LogP contribution is 2.20. The first-order chi connectivity index (χ1) is 13.0. The number of fused-ring (bicyclic) bond motifs is 1. The van der Waals surface area contributed by atoms with Gasteiger partial charge in [-0.1, -0.05) is 0 Å². The van der Waals surface area contributed by atoms with E-state index in [1.807, 2.05) is 47.3 Å². The standard InChI is InChI=1S/C19H16N4O3S/c1-12-14(18(24)25)6-7-20-17(12)11-27(26)19-21-15-5-4-13(10-16(15)22-19)23-8-2-3-9-23/h2-10H,11H2,1H3,(H,21,22)(H,24,25). The van der Waals surface area contributed by atoms with Crippen LogP contribution < -0.4 is 0 Å². The van der Waals surface area contributed by atoms with Crippen LogP contribution in [0.5, 0.6) is 0 Å². The maximum atomic E-state index is 12.8. The minimum Gasteiger partial charge on any atom is -0.478 e. The van der Waals surface area contributed by atoms with E-state index < -0.39 is 16.8 Å². The second kappa shape index (κ2) is 6.81. The molecule has 0 radical (unpaired) electrons. The molecule has 27 heavy (non-hydrogen) atoms. The minimum absolute atomic E-state index is 0.0945. The van der Waals surface area contributed by atoms with Crippen molar-refractivity contribution in [3.8, 4) is 5.69 Å². The van der Waals surface area contributed by atoms with Crippen molar-refractivity contribution >= 4 is 27.8 Å². The highest BCUT2D eigenvalue weighted by molar-refractivity contribution is 7.84. The van der Waals surface area contributed by atoms with E-state index in [9.17, 15) is 14.1 Å². The van der Waals surface area contributed by atoms with E-state index >= 15 is 0 Å². The molecule has 7 nitrogen and oxygen atoms in total. The monoisotopic (exact) mass is 380 g/mol. The zero-order valence-electron chi connectivity index (χ0n) is 14.4. The van der Waals surface area contributed by atoms with Crippen molar-refractivity contribution in [1.29, 1.82) is 0 Å². The maximum Gasteiger partial charge on any atom is 0.336 e. The van der Waals surface area contributed by atoms with Crippen molar-refractivity contribution in [1.82, 2.24) is 19.5 Å². The first-order valence-electron chi connectivity index (χ1n) is 8.22. The van der Waals surface area contributed by atoms with Crippen LogP contribution in [0, 0.1) is 6.92 Å². The number of benzene rings is 1. The summed E-state index contributed by atoms with van der Waals surface area (Å²) in [4.78, 5) is 23.0. The zero-order chi connectivity index (χ0) is 19.0. The Hall–Kier alpha value is -3.26. The van der Waals surface area contributed by atoms with Crippen LogP contribution in [0.2, 0.25) is 0 Å². The molecule has 1 atom stereocenters. The minimum atomic E-state index is -1.47. The molecule has 8 heteroatoms. The van der Waals surface area contributed by atoms with Crippen LogP contribution in [0.1, 0.15) is 21.6 Å². The Morgan fingerprint density at radius 3 is 2.78 bits per heavy atom. The zero-order valence-corrected chi connectivity index (χ0v) is 15.2. The lowest BCUT2D eigenvalue weighted by Gasteiger charge is -2.06. The number of nitrogens with one attached hydrogen (secondary N) is 1. The SMILES string of the molecule is Cc1c(C(=O)O)ccnc1CS(=O)c1nc2ccc(-n3cccc3)cc2[nH]1. The number of aromatic carboxylic acids is 1. The summed E-state index contributed by atoms with van der Waals surface area (Å²) in [6.45, 7) is 1.67. The first-order valence-corrected chi connectivity index (χ1v) is 9.54. The van der Waals surface area contributed by atoms with Gasteiger partial charge in [-0.25, -0.2) is 9.78 Å². The number of carboxylic acid groups (broad SMARTS) is 1. The molecule has 0 saturated heterocycles. The highest BCUT2D eigenvalue weighted by Gasteiger charge is 2.16. The molecular formula is C19H16N4O3S. The lowest BCUT2D eigenvalue weighted by molar-refractivity contribution is 0.0696. The number of H-pyrrole nitrogens is 1. The molecule has 1 unspecified atom stereocenters. The summed E-state index contributed by atoms with van der Waals surface area (Å²) < 4.78 is 14.7. The molecule has 3 aromatic heterocycles. The van der Waals surface area contributed by atoms with Gasteiger partial charge in [0.15, 0.2) is 5.16 Å². The second-order valence-corrected chi connectivity index (χ2v) is 7.43. The summed E-state index contributed by atoms with van der Waals surface area (Å²) >= 11 is 0. The molecule has 0 aliphatic rings. The molecule has 2 N–H and O–H groups in total. The van der Waals surface area contributed by atoms with E-state index in [0.29, 0.717) is 16.4 Å². The Labute approximate surface area is 157 Å². The molecule has 0 saturated carbocycles. The summed E-state index contributed by atoms with van der Waals surface area (Å²) in [7, 11) is -1.47. The van der Waals surface area contributed by atoms with Gasteiger partial charge >= 0.3 is 5.97 Å². The quantitative estimate of drug-likeness (QED) is 0.554. The molecule has 0 bridgehead atoms. The third-order valence-corrected chi connectivity index (χ3v) is 5.53. The predicted octanol–water partition coefficient (Wildman–Crippen LogP) is 3.06. The van der Waals surface area contributed by atoms with Gasteiger partial charge in [-0.2, -0.15) is 0 Å². The Morgan fingerprint density at radius 1 is 1.26 bits per heavy atom. The van der Waals surface area contributed by atoms with Crippen molar-refractivity contribution < 1.29 is 14.1 Å². The summed E-state index contributed by atoms with van der Waals surface area (Å²) in [6, 6.07) is 11.1. The van der Waals surface area contributed by atoms with Gasteiger partial charge in [0, 0.05) is 24.3 Å². The predicted molar refractivity (Wildman–Crippen MR) is 101 cm³/mol. The summed E-state index contributed by atoms with van der Waals surface area (Å²) in [6.07, 6.45) is 5.31. The molecule has 0 fully saturated rings. The van der Waals surface area contributed by atoms with Crippen LogP contribution in [0.3, 0.4) is 0 Å². The lowest BCUT2D eigenvalue weighted by Crippen LogP contribution is -2.07. The van der Waals surface area contributed by atoms with E-state index in [1.54, 1.807) is 6.92 Å². The van der Waals surface area contributed by atoms with E-state index in [1.165, 1.54) is 12.3 Å². The van der Waals surface area contributed by atoms with Crippen molar-refractivity contribution in [2.75, 3.05) is 0 Å². The number of carboxylic acids is 1. The van der Waals surface area contributed by atoms with Crippen LogP contribution in [0.25, 0.3) is 16.7 Å². The Kier molecular flexibility index (Phi) is 4.33. The Balaban J connectivity index is 1.64. The third kappa shape index (κ3) is 3.26. The second-order valence-electron chi connectivity index (χ2n) is 6.06. The number of rotatable bonds is 5. The number of imidazole rings is 1. The largest absolute Gasteiger partial charge is 0.478 e. The fourth-order valence-corrected chi connectivity index (χ4v) is 4.00. The van der Waals surface area contributed by atoms with Gasteiger partial charge in [0.2, 0.25) is 0 Å². The number of hydrogen-bond donors (Lipinski definition) is 2. The molecular weight excluding hydrogens is 364 g/mol. The number of pyridine rings is 1. The van der Waals surface area contributed by atoms with Crippen LogP contribution in [0.15, 0.2) is 60.1 Å². The molecule has 3 heterocycles. The summed E-state index contributed by atoms with van der Waals surface area (Å²) in [5.41, 5.74) is 3.65. The van der Waals surface area contributed by atoms with Gasteiger partial charge < -0.3 is 14.7 Å². The summed E-state index contributed by atoms with van der Waals surface area (Å²) in [5.74, 6) is -0.930. The van der Waals surface area contributed by atoms with Gasteiger partial charge in [-0.15, -0.1) is 0 Å². The number of hydrogen-bond acceptors (Lipinski definition) is 4. The number of carbonyl (C=O) groups is 1. The van der Waals surface area contributed by atoms with Crippen LogP contribution >= 0.6 is 0 Å². The normalized spacial score (nSPS) is 12.3.